The molecule has 0 saturated carbocycles. The zero-order valence-electron chi connectivity index (χ0n) is 13.7. The molecule has 138 valence electrons. The monoisotopic (exact) mass is 354 g/mol. The molecular weight excluding hydrogens is 332 g/mol. The number of amides is 3. The van der Waals surface area contributed by atoms with Crippen LogP contribution in [-0.4, -0.2) is 56.9 Å². The van der Waals surface area contributed by atoms with Gasteiger partial charge in [0.15, 0.2) is 0 Å². The van der Waals surface area contributed by atoms with Gasteiger partial charge in [-0.1, -0.05) is 0 Å². The van der Waals surface area contributed by atoms with Crippen molar-refractivity contribution < 1.29 is 24.3 Å². The average Bonchev–Trinajstić information content (AvgIpc) is 3.02. The third-order valence-electron chi connectivity index (χ3n) is 3.32. The van der Waals surface area contributed by atoms with Crippen LogP contribution in [0, 0.1) is 0 Å². The first-order chi connectivity index (χ1) is 11.7. The number of rotatable bonds is 10. The van der Waals surface area contributed by atoms with Gasteiger partial charge in [-0.05, 0) is 13.3 Å². The fourth-order valence-electron chi connectivity index (χ4n) is 1.95. The fraction of sp³-hybridized carbons (Fsp3) is 0.500. The number of carboxylic acids is 1. The van der Waals surface area contributed by atoms with Gasteiger partial charge in [0.05, 0.1) is 12.4 Å². The van der Waals surface area contributed by atoms with Gasteiger partial charge in [0.1, 0.15) is 12.1 Å². The molecule has 0 unspecified atom stereocenters. The van der Waals surface area contributed by atoms with Crippen LogP contribution in [0.25, 0.3) is 0 Å². The predicted octanol–water partition coefficient (Wildman–Crippen LogP) is -2.38. The summed E-state index contributed by atoms with van der Waals surface area (Å²) in [5.41, 5.74) is 11.0. The number of H-pyrrole nitrogens is 1. The maximum Gasteiger partial charge on any atom is 0.326 e. The Hall–Kier alpha value is -2.95. The summed E-state index contributed by atoms with van der Waals surface area (Å²) in [6.45, 7) is 1.43. The second-order valence-electron chi connectivity index (χ2n) is 5.54. The van der Waals surface area contributed by atoms with Crippen molar-refractivity contribution in [1.29, 1.82) is 0 Å². The van der Waals surface area contributed by atoms with Crippen molar-refractivity contribution in [3.05, 3.63) is 18.2 Å². The maximum atomic E-state index is 12.3. The van der Waals surface area contributed by atoms with Gasteiger partial charge >= 0.3 is 5.97 Å². The predicted molar refractivity (Wildman–Crippen MR) is 85.9 cm³/mol. The van der Waals surface area contributed by atoms with E-state index < -0.39 is 41.8 Å². The molecule has 11 nitrogen and oxygen atoms in total. The highest BCUT2D eigenvalue weighted by Crippen LogP contribution is 2.03. The Morgan fingerprint density at radius 3 is 2.36 bits per heavy atom. The van der Waals surface area contributed by atoms with Crippen LogP contribution in [0.1, 0.15) is 25.5 Å². The van der Waals surface area contributed by atoms with Crippen LogP contribution < -0.4 is 22.1 Å². The van der Waals surface area contributed by atoms with Gasteiger partial charge in [0, 0.05) is 24.7 Å². The number of carbonyl (C=O) groups is 4. The minimum absolute atomic E-state index is 0.0230. The van der Waals surface area contributed by atoms with Gasteiger partial charge in [-0.25, -0.2) is 9.78 Å². The summed E-state index contributed by atoms with van der Waals surface area (Å²) in [7, 11) is 0. The van der Waals surface area contributed by atoms with Crippen molar-refractivity contribution in [2.45, 2.75) is 44.3 Å². The highest BCUT2D eigenvalue weighted by atomic mass is 16.4. The molecule has 25 heavy (non-hydrogen) atoms. The van der Waals surface area contributed by atoms with Crippen molar-refractivity contribution in [1.82, 2.24) is 20.6 Å². The summed E-state index contributed by atoms with van der Waals surface area (Å²) in [5.74, 6) is -3.26. The van der Waals surface area contributed by atoms with Crippen molar-refractivity contribution in [3.63, 3.8) is 0 Å². The average molecular weight is 354 g/mol. The zero-order chi connectivity index (χ0) is 19.0. The molecule has 0 aliphatic heterocycles. The molecule has 0 saturated heterocycles. The molecule has 0 bridgehead atoms. The lowest BCUT2D eigenvalue weighted by molar-refractivity contribution is -0.142. The van der Waals surface area contributed by atoms with E-state index in [2.05, 4.69) is 20.6 Å². The Balaban J connectivity index is 2.79. The lowest BCUT2D eigenvalue weighted by Crippen LogP contribution is -2.54. The van der Waals surface area contributed by atoms with Crippen LogP contribution >= 0.6 is 0 Å². The molecule has 0 radical (unpaired) electrons. The molecule has 1 aromatic rings. The lowest BCUT2D eigenvalue weighted by Gasteiger charge is -2.21. The van der Waals surface area contributed by atoms with Crippen molar-refractivity contribution >= 4 is 23.7 Å². The number of carboxylic acid groups (broad SMARTS) is 1. The quantitative estimate of drug-likeness (QED) is 0.270. The SMILES string of the molecule is C[C@H](N)C(=O)N[C@@H](CCC(N)=O)C(=O)N[C@@H](Cc1cnc[nH]1)C(=O)O. The molecule has 8 N–H and O–H groups in total. The Kier molecular flexibility index (Phi) is 7.53. The minimum Gasteiger partial charge on any atom is -0.480 e. The summed E-state index contributed by atoms with van der Waals surface area (Å²) >= 11 is 0. The molecule has 1 rings (SSSR count). The van der Waals surface area contributed by atoms with E-state index in [0.29, 0.717) is 5.69 Å². The Morgan fingerprint density at radius 1 is 1.24 bits per heavy atom. The molecule has 0 spiro atoms. The highest BCUT2D eigenvalue weighted by molar-refractivity contribution is 5.92. The standard InChI is InChI=1S/C14H22N6O5/c1-7(15)12(22)19-9(2-3-11(16)21)13(23)20-10(14(24)25)4-8-5-17-6-18-8/h5-7,9-10H,2-4,15H2,1H3,(H2,16,21)(H,17,18)(H,19,22)(H,20,23)(H,24,25)/t7-,9-,10-/m0/s1. The van der Waals surface area contributed by atoms with Gasteiger partial charge in [-0.2, -0.15) is 0 Å². The molecule has 0 aliphatic carbocycles. The van der Waals surface area contributed by atoms with Gasteiger partial charge in [-0.3, -0.25) is 14.4 Å². The second kappa shape index (κ2) is 9.37. The van der Waals surface area contributed by atoms with Crippen LogP contribution in [0.15, 0.2) is 12.5 Å². The maximum absolute atomic E-state index is 12.3. The van der Waals surface area contributed by atoms with Gasteiger partial charge in [0.2, 0.25) is 17.7 Å². The van der Waals surface area contributed by atoms with E-state index in [1.165, 1.54) is 19.4 Å². The van der Waals surface area contributed by atoms with E-state index in [0.717, 1.165) is 0 Å². The van der Waals surface area contributed by atoms with Crippen molar-refractivity contribution in [2.24, 2.45) is 11.5 Å². The Labute approximate surface area is 143 Å². The number of aliphatic carboxylic acids is 1. The summed E-state index contributed by atoms with van der Waals surface area (Å²) in [6.07, 6.45) is 2.57. The molecular formula is C14H22N6O5. The highest BCUT2D eigenvalue weighted by Gasteiger charge is 2.27. The number of aromatic amines is 1. The van der Waals surface area contributed by atoms with Crippen LogP contribution in [0.3, 0.4) is 0 Å². The molecule has 11 heteroatoms. The zero-order valence-corrected chi connectivity index (χ0v) is 13.7. The first-order valence-corrected chi connectivity index (χ1v) is 7.55. The summed E-state index contributed by atoms with van der Waals surface area (Å²) in [5, 5.41) is 14.0. The number of aromatic nitrogens is 2. The second-order valence-corrected chi connectivity index (χ2v) is 5.54. The first kappa shape index (κ1) is 20.1. The van der Waals surface area contributed by atoms with Gasteiger partial charge in [-0.15, -0.1) is 0 Å². The largest absolute Gasteiger partial charge is 0.480 e. The Bertz CT molecular complexity index is 615. The van der Waals surface area contributed by atoms with E-state index in [4.69, 9.17) is 11.5 Å². The summed E-state index contributed by atoms with van der Waals surface area (Å²) in [4.78, 5) is 52.9. The van der Waals surface area contributed by atoms with Crippen LogP contribution in [0.2, 0.25) is 0 Å². The van der Waals surface area contributed by atoms with E-state index in [1.807, 2.05) is 0 Å². The Morgan fingerprint density at radius 2 is 1.88 bits per heavy atom. The minimum atomic E-state index is -1.25. The molecule has 0 aliphatic rings. The van der Waals surface area contributed by atoms with Crippen molar-refractivity contribution in [2.75, 3.05) is 0 Å². The van der Waals surface area contributed by atoms with E-state index in [-0.39, 0.29) is 19.3 Å². The first-order valence-electron chi connectivity index (χ1n) is 7.55. The number of primary amides is 1. The summed E-state index contributed by atoms with van der Waals surface area (Å²) in [6, 6.07) is -3.24. The molecule has 1 aromatic heterocycles. The molecule has 3 amide bonds. The van der Waals surface area contributed by atoms with E-state index in [1.54, 1.807) is 0 Å². The van der Waals surface area contributed by atoms with Gasteiger partial charge in [0.25, 0.3) is 0 Å². The van der Waals surface area contributed by atoms with E-state index >= 15 is 0 Å². The number of nitrogens with one attached hydrogen (secondary N) is 3. The topological polar surface area (TPSA) is 193 Å². The molecule has 0 aromatic carbocycles. The normalized spacial score (nSPS) is 14.2. The van der Waals surface area contributed by atoms with Crippen molar-refractivity contribution in [3.8, 4) is 0 Å². The number of imidazole rings is 1. The number of hydrogen-bond donors (Lipinski definition) is 6. The van der Waals surface area contributed by atoms with E-state index in [9.17, 15) is 24.3 Å². The number of carbonyl (C=O) groups excluding carboxylic acids is 3. The number of nitrogens with two attached hydrogens (primary N) is 2. The molecule has 3 atom stereocenters. The smallest absolute Gasteiger partial charge is 0.326 e. The third-order valence-corrected chi connectivity index (χ3v) is 3.32. The molecule has 0 fully saturated rings. The third kappa shape index (κ3) is 6.99. The van der Waals surface area contributed by atoms with Crippen LogP contribution in [0.5, 0.6) is 0 Å². The summed E-state index contributed by atoms with van der Waals surface area (Å²) < 4.78 is 0. The number of hydrogen-bond acceptors (Lipinski definition) is 6. The molecule has 1 heterocycles. The lowest BCUT2D eigenvalue weighted by atomic mass is 10.1. The number of nitrogens with zero attached hydrogens (tertiary/aromatic N) is 1. The fourth-order valence-corrected chi connectivity index (χ4v) is 1.95. The van der Waals surface area contributed by atoms with Gasteiger partial charge < -0.3 is 32.2 Å². The van der Waals surface area contributed by atoms with Crippen LogP contribution in [-0.2, 0) is 25.6 Å². The van der Waals surface area contributed by atoms with Crippen LogP contribution in [0.4, 0.5) is 0 Å².